The van der Waals surface area contributed by atoms with Crippen molar-refractivity contribution >= 4 is 0 Å². The molecule has 0 aliphatic heterocycles. The summed E-state index contributed by atoms with van der Waals surface area (Å²) in [5.41, 5.74) is 4.21. The van der Waals surface area contributed by atoms with Crippen LogP contribution in [0.5, 0.6) is 0 Å². The Kier molecular flexibility index (Phi) is 4.83. The molecule has 0 saturated carbocycles. The zero-order valence-electron chi connectivity index (χ0n) is 10.1. The molecule has 0 aliphatic rings. The lowest BCUT2D eigenvalue weighted by molar-refractivity contribution is 0.157. The van der Waals surface area contributed by atoms with Crippen LogP contribution >= 0.6 is 0 Å². The van der Waals surface area contributed by atoms with E-state index in [0.29, 0.717) is 0 Å². The maximum absolute atomic E-state index is 9.47. The van der Waals surface area contributed by atoms with Crippen molar-refractivity contribution in [2.24, 2.45) is 0 Å². The van der Waals surface area contributed by atoms with Gasteiger partial charge in [-0.3, -0.25) is 0 Å². The number of aliphatic hydroxyl groups excluding tert-OH is 1. The van der Waals surface area contributed by atoms with E-state index in [1.54, 1.807) is 0 Å². The molecule has 1 unspecified atom stereocenters. The summed E-state index contributed by atoms with van der Waals surface area (Å²) in [5.74, 6) is 0. The molecule has 1 aromatic carbocycles. The molecular weight excluding hydrogens is 184 g/mol. The average Bonchev–Trinajstić information content (AvgIpc) is 2.22. The first kappa shape index (κ1) is 12.3. The number of benzene rings is 1. The van der Waals surface area contributed by atoms with Gasteiger partial charge in [-0.15, -0.1) is 0 Å². The van der Waals surface area contributed by atoms with Gasteiger partial charge in [-0.2, -0.15) is 0 Å². The topological polar surface area (TPSA) is 20.2 Å². The minimum Gasteiger partial charge on any atom is -0.393 e. The number of hydrogen-bond acceptors (Lipinski definition) is 1. The summed E-state index contributed by atoms with van der Waals surface area (Å²) in [4.78, 5) is 0. The van der Waals surface area contributed by atoms with Crippen molar-refractivity contribution in [3.63, 3.8) is 0 Å². The van der Waals surface area contributed by atoms with Crippen LogP contribution in [0.3, 0.4) is 0 Å². The molecule has 0 saturated heterocycles. The van der Waals surface area contributed by atoms with Gasteiger partial charge in [-0.1, -0.05) is 25.1 Å². The lowest BCUT2D eigenvalue weighted by atomic mass is 9.97. The van der Waals surface area contributed by atoms with E-state index in [1.165, 1.54) is 16.7 Å². The third-order valence-electron chi connectivity index (χ3n) is 3.08. The Bertz CT molecular complexity index is 284. The Hall–Kier alpha value is -0.820. The minimum absolute atomic E-state index is 0.116. The van der Waals surface area contributed by atoms with Crippen molar-refractivity contribution in [3.05, 3.63) is 34.9 Å². The Balaban J connectivity index is 2.50. The van der Waals surface area contributed by atoms with E-state index in [-0.39, 0.29) is 6.10 Å². The van der Waals surface area contributed by atoms with Gasteiger partial charge >= 0.3 is 0 Å². The predicted molar refractivity (Wildman–Crippen MR) is 65.2 cm³/mol. The molecule has 1 rings (SSSR count). The van der Waals surface area contributed by atoms with Crippen molar-refractivity contribution in [1.82, 2.24) is 0 Å². The van der Waals surface area contributed by atoms with Crippen molar-refractivity contribution in [3.8, 4) is 0 Å². The summed E-state index contributed by atoms with van der Waals surface area (Å²) >= 11 is 0. The van der Waals surface area contributed by atoms with Crippen LogP contribution in [0.4, 0.5) is 0 Å². The number of rotatable bonds is 5. The summed E-state index contributed by atoms with van der Waals surface area (Å²) in [6.07, 6.45) is 3.85. The predicted octanol–water partition coefficient (Wildman–Crippen LogP) is 3.40. The molecule has 1 N–H and O–H groups in total. The van der Waals surface area contributed by atoms with Crippen LogP contribution in [0, 0.1) is 13.8 Å². The Labute approximate surface area is 93.1 Å². The minimum atomic E-state index is -0.116. The van der Waals surface area contributed by atoms with Crippen LogP contribution < -0.4 is 0 Å². The standard InChI is InChI=1S/C14H22O/c1-4-13(15)9-6-10-14-11(2)7-5-8-12(14)3/h5,7-8,13,15H,4,6,9-10H2,1-3H3. The molecule has 0 amide bonds. The fourth-order valence-electron chi connectivity index (χ4n) is 1.96. The molecule has 0 heterocycles. The fraction of sp³-hybridized carbons (Fsp3) is 0.571. The largest absolute Gasteiger partial charge is 0.393 e. The summed E-state index contributed by atoms with van der Waals surface area (Å²) in [7, 11) is 0. The lowest BCUT2D eigenvalue weighted by Gasteiger charge is -2.11. The van der Waals surface area contributed by atoms with Crippen molar-refractivity contribution < 1.29 is 5.11 Å². The van der Waals surface area contributed by atoms with Crippen LogP contribution in [0.1, 0.15) is 42.9 Å². The van der Waals surface area contributed by atoms with Gasteiger partial charge in [-0.05, 0) is 56.2 Å². The average molecular weight is 206 g/mol. The summed E-state index contributed by atoms with van der Waals surface area (Å²) < 4.78 is 0. The lowest BCUT2D eigenvalue weighted by Crippen LogP contribution is -2.05. The van der Waals surface area contributed by atoms with E-state index < -0.39 is 0 Å². The molecule has 1 nitrogen and oxygen atoms in total. The molecule has 0 fully saturated rings. The zero-order chi connectivity index (χ0) is 11.3. The Morgan fingerprint density at radius 2 is 1.80 bits per heavy atom. The summed E-state index contributed by atoms with van der Waals surface area (Å²) in [6, 6.07) is 6.44. The molecule has 84 valence electrons. The molecule has 0 aromatic heterocycles. The van der Waals surface area contributed by atoms with Crippen LogP contribution in [-0.2, 0) is 6.42 Å². The maximum atomic E-state index is 9.47. The number of hydrogen-bond donors (Lipinski definition) is 1. The highest BCUT2D eigenvalue weighted by molar-refractivity contribution is 5.33. The van der Waals surface area contributed by atoms with E-state index in [4.69, 9.17) is 0 Å². The van der Waals surface area contributed by atoms with E-state index >= 15 is 0 Å². The zero-order valence-corrected chi connectivity index (χ0v) is 10.1. The van der Waals surface area contributed by atoms with E-state index in [1.807, 2.05) is 6.92 Å². The Morgan fingerprint density at radius 3 is 2.33 bits per heavy atom. The molecule has 1 aromatic rings. The van der Waals surface area contributed by atoms with Gasteiger partial charge in [0.15, 0.2) is 0 Å². The van der Waals surface area contributed by atoms with E-state index in [2.05, 4.69) is 32.0 Å². The molecule has 1 atom stereocenters. The Morgan fingerprint density at radius 1 is 1.20 bits per heavy atom. The second kappa shape index (κ2) is 5.92. The maximum Gasteiger partial charge on any atom is 0.0537 e. The van der Waals surface area contributed by atoms with Crippen LogP contribution in [0.25, 0.3) is 0 Å². The van der Waals surface area contributed by atoms with Gasteiger partial charge < -0.3 is 5.11 Å². The van der Waals surface area contributed by atoms with Gasteiger partial charge in [0.2, 0.25) is 0 Å². The number of aryl methyl sites for hydroxylation is 2. The highest BCUT2D eigenvalue weighted by atomic mass is 16.3. The van der Waals surface area contributed by atoms with E-state index in [9.17, 15) is 5.11 Å². The second-order valence-electron chi connectivity index (χ2n) is 4.32. The summed E-state index contributed by atoms with van der Waals surface area (Å²) in [5, 5.41) is 9.47. The summed E-state index contributed by atoms with van der Waals surface area (Å²) in [6.45, 7) is 6.36. The molecule has 15 heavy (non-hydrogen) atoms. The first-order valence-electron chi connectivity index (χ1n) is 5.88. The van der Waals surface area contributed by atoms with Crippen LogP contribution in [-0.4, -0.2) is 11.2 Å². The highest BCUT2D eigenvalue weighted by Crippen LogP contribution is 2.16. The normalized spacial score (nSPS) is 12.8. The molecule has 1 heteroatoms. The molecular formula is C14H22O. The van der Waals surface area contributed by atoms with Crippen molar-refractivity contribution in [2.75, 3.05) is 0 Å². The van der Waals surface area contributed by atoms with Gasteiger partial charge in [-0.25, -0.2) is 0 Å². The molecule has 0 radical (unpaired) electrons. The van der Waals surface area contributed by atoms with Gasteiger partial charge in [0.05, 0.1) is 6.10 Å². The van der Waals surface area contributed by atoms with Gasteiger partial charge in [0.1, 0.15) is 0 Å². The molecule has 0 bridgehead atoms. The first-order valence-corrected chi connectivity index (χ1v) is 5.88. The van der Waals surface area contributed by atoms with Crippen molar-refractivity contribution in [2.45, 2.75) is 52.6 Å². The number of aliphatic hydroxyl groups is 1. The fourth-order valence-corrected chi connectivity index (χ4v) is 1.96. The van der Waals surface area contributed by atoms with Gasteiger partial charge in [0, 0.05) is 0 Å². The third-order valence-corrected chi connectivity index (χ3v) is 3.08. The SMILES string of the molecule is CCC(O)CCCc1c(C)cccc1C. The smallest absolute Gasteiger partial charge is 0.0537 e. The quantitative estimate of drug-likeness (QED) is 0.783. The van der Waals surface area contributed by atoms with Crippen molar-refractivity contribution in [1.29, 1.82) is 0 Å². The van der Waals surface area contributed by atoms with Gasteiger partial charge in [0.25, 0.3) is 0 Å². The van der Waals surface area contributed by atoms with Crippen LogP contribution in [0.15, 0.2) is 18.2 Å². The first-order chi connectivity index (χ1) is 7.15. The second-order valence-corrected chi connectivity index (χ2v) is 4.32. The van der Waals surface area contributed by atoms with Crippen LogP contribution in [0.2, 0.25) is 0 Å². The monoisotopic (exact) mass is 206 g/mol. The third kappa shape index (κ3) is 3.67. The highest BCUT2D eigenvalue weighted by Gasteiger charge is 2.04. The van der Waals surface area contributed by atoms with E-state index in [0.717, 1.165) is 25.7 Å². The molecule has 0 aliphatic carbocycles. The molecule has 0 spiro atoms.